The summed E-state index contributed by atoms with van der Waals surface area (Å²) in [5, 5.41) is 8.87. The fourth-order valence-corrected chi connectivity index (χ4v) is 1.53. The minimum absolute atomic E-state index is 0. The molecule has 0 bridgehead atoms. The Kier molecular flexibility index (Phi) is 5.82. The third-order valence-corrected chi connectivity index (χ3v) is 2.27. The quantitative estimate of drug-likeness (QED) is 0.701. The second-order valence-corrected chi connectivity index (χ2v) is 3.53. The van der Waals surface area contributed by atoms with E-state index < -0.39 is 5.92 Å². The number of nitriles is 1. The Morgan fingerprint density at radius 3 is 2.40 bits per heavy atom. The van der Waals surface area contributed by atoms with Gasteiger partial charge in [-0.15, -0.1) is 0 Å². The van der Waals surface area contributed by atoms with Crippen molar-refractivity contribution < 1.29 is 4.79 Å². The van der Waals surface area contributed by atoms with Crippen molar-refractivity contribution in [3.63, 3.8) is 0 Å². The number of hydrogen-bond acceptors (Lipinski definition) is 2. The maximum Gasteiger partial charge on any atom is 0.151 e. The van der Waals surface area contributed by atoms with Gasteiger partial charge in [0.1, 0.15) is 5.92 Å². The fraction of sp³-hybridized carbons (Fsp3) is 0.333. The van der Waals surface area contributed by atoms with Crippen LogP contribution in [0, 0.1) is 25.2 Å². The van der Waals surface area contributed by atoms with Crippen LogP contribution in [0.1, 0.15) is 29.5 Å². The second-order valence-electron chi connectivity index (χ2n) is 3.53. The van der Waals surface area contributed by atoms with E-state index in [2.05, 4.69) is 0 Å². The summed E-state index contributed by atoms with van der Waals surface area (Å²) < 4.78 is 0. The average Bonchev–Trinajstić information content (AvgIpc) is 2.09. The number of carbonyl (C=O) groups is 1. The van der Waals surface area contributed by atoms with Crippen LogP contribution in [-0.2, 0) is 4.79 Å². The largest absolute Gasteiger partial charge is 0.298 e. The molecule has 0 aromatic heterocycles. The maximum atomic E-state index is 11.2. The van der Waals surface area contributed by atoms with Gasteiger partial charge in [0.25, 0.3) is 0 Å². The molecule has 0 fully saturated rings. The van der Waals surface area contributed by atoms with Gasteiger partial charge in [0.15, 0.2) is 5.78 Å². The average molecular weight is 210 g/mol. The Bertz CT molecular complexity index is 407. The number of carbonyl (C=O) groups excluding carboxylic acids is 1. The van der Waals surface area contributed by atoms with Crippen molar-refractivity contribution in [1.29, 1.82) is 5.26 Å². The van der Waals surface area contributed by atoms with E-state index in [1.54, 1.807) is 0 Å². The zero-order valence-electron chi connectivity index (χ0n) is 9.66. The standard InChI is InChI=1S/C12H13NO.Na/c1-8-4-5-11(9(2)6-8)12(7-13)10(3)14;/h4-6,12H,1-3H3;. The first-order chi connectivity index (χ1) is 6.56. The van der Waals surface area contributed by atoms with Gasteiger partial charge in [-0.2, -0.15) is 5.26 Å². The molecule has 0 aliphatic carbocycles. The molecule has 1 aromatic carbocycles. The van der Waals surface area contributed by atoms with E-state index in [9.17, 15) is 4.79 Å². The number of rotatable bonds is 2. The van der Waals surface area contributed by atoms with Crippen LogP contribution in [0.25, 0.3) is 0 Å². The number of Topliss-reactive ketones (excluding diaryl/α,β-unsaturated/α-hetero) is 1. The van der Waals surface area contributed by atoms with Crippen LogP contribution in [-0.4, -0.2) is 35.3 Å². The monoisotopic (exact) mass is 210 g/mol. The summed E-state index contributed by atoms with van der Waals surface area (Å²) in [6.07, 6.45) is 0. The first kappa shape index (κ1) is 14.4. The molecule has 1 atom stereocenters. The molecule has 1 rings (SSSR count). The van der Waals surface area contributed by atoms with E-state index >= 15 is 0 Å². The summed E-state index contributed by atoms with van der Waals surface area (Å²) >= 11 is 0. The Hall–Kier alpha value is -0.620. The third-order valence-electron chi connectivity index (χ3n) is 2.27. The van der Waals surface area contributed by atoms with Crippen molar-refractivity contribution in [1.82, 2.24) is 0 Å². The van der Waals surface area contributed by atoms with E-state index in [0.717, 1.165) is 16.7 Å². The molecule has 2 nitrogen and oxygen atoms in total. The summed E-state index contributed by atoms with van der Waals surface area (Å²) in [5.74, 6) is -0.713. The Morgan fingerprint density at radius 2 is 2.00 bits per heavy atom. The van der Waals surface area contributed by atoms with Gasteiger partial charge in [0, 0.05) is 29.6 Å². The normalized spacial score (nSPS) is 11.1. The molecule has 1 unspecified atom stereocenters. The van der Waals surface area contributed by atoms with Crippen molar-refractivity contribution in [2.75, 3.05) is 0 Å². The van der Waals surface area contributed by atoms with Gasteiger partial charge in [0.05, 0.1) is 6.07 Å². The van der Waals surface area contributed by atoms with Gasteiger partial charge in [-0.1, -0.05) is 23.8 Å². The fourth-order valence-electron chi connectivity index (χ4n) is 1.53. The molecule has 0 heterocycles. The summed E-state index contributed by atoms with van der Waals surface area (Å²) in [6.45, 7) is 5.37. The summed E-state index contributed by atoms with van der Waals surface area (Å²) in [5.41, 5.74) is 2.98. The molecule has 0 aliphatic heterocycles. The predicted molar refractivity (Wildman–Crippen MR) is 60.7 cm³/mol. The number of benzene rings is 1. The summed E-state index contributed by atoms with van der Waals surface area (Å²) in [4.78, 5) is 11.2. The molecular formula is C12H13NNaO. The zero-order valence-corrected chi connectivity index (χ0v) is 11.7. The molecule has 1 radical (unpaired) electrons. The van der Waals surface area contributed by atoms with E-state index in [-0.39, 0.29) is 35.3 Å². The van der Waals surface area contributed by atoms with Gasteiger partial charge >= 0.3 is 0 Å². The smallest absolute Gasteiger partial charge is 0.151 e. The van der Waals surface area contributed by atoms with Crippen molar-refractivity contribution >= 4 is 35.3 Å². The zero-order chi connectivity index (χ0) is 10.7. The summed E-state index contributed by atoms with van der Waals surface area (Å²) in [7, 11) is 0. The van der Waals surface area contributed by atoms with Crippen molar-refractivity contribution in [3.8, 4) is 6.07 Å². The molecule has 0 N–H and O–H groups in total. The molecule has 0 spiro atoms. The van der Waals surface area contributed by atoms with Crippen LogP contribution in [0.4, 0.5) is 0 Å². The first-order valence-electron chi connectivity index (χ1n) is 4.53. The number of hydrogen-bond donors (Lipinski definition) is 0. The molecular weight excluding hydrogens is 197 g/mol. The van der Waals surface area contributed by atoms with E-state index in [1.807, 2.05) is 38.1 Å². The van der Waals surface area contributed by atoms with Crippen LogP contribution in [0.3, 0.4) is 0 Å². The topological polar surface area (TPSA) is 40.9 Å². The predicted octanol–water partition coefficient (Wildman–Crippen LogP) is 2.12. The Labute approximate surface area is 113 Å². The van der Waals surface area contributed by atoms with Crippen LogP contribution in [0.15, 0.2) is 18.2 Å². The Morgan fingerprint density at radius 1 is 1.40 bits per heavy atom. The van der Waals surface area contributed by atoms with Crippen molar-refractivity contribution in [3.05, 3.63) is 34.9 Å². The third kappa shape index (κ3) is 3.46. The van der Waals surface area contributed by atoms with Crippen molar-refractivity contribution in [2.45, 2.75) is 26.7 Å². The van der Waals surface area contributed by atoms with Crippen LogP contribution in [0.2, 0.25) is 0 Å². The van der Waals surface area contributed by atoms with E-state index in [1.165, 1.54) is 6.92 Å². The molecule has 0 saturated heterocycles. The van der Waals surface area contributed by atoms with Crippen LogP contribution >= 0.6 is 0 Å². The van der Waals surface area contributed by atoms with Crippen LogP contribution < -0.4 is 0 Å². The molecule has 1 aromatic rings. The minimum Gasteiger partial charge on any atom is -0.298 e. The van der Waals surface area contributed by atoms with E-state index in [0.29, 0.717) is 0 Å². The van der Waals surface area contributed by atoms with Gasteiger partial charge < -0.3 is 0 Å². The van der Waals surface area contributed by atoms with Gasteiger partial charge in [-0.25, -0.2) is 0 Å². The van der Waals surface area contributed by atoms with Gasteiger partial charge in [0.2, 0.25) is 0 Å². The molecule has 0 saturated carbocycles. The first-order valence-corrected chi connectivity index (χ1v) is 4.53. The van der Waals surface area contributed by atoms with Gasteiger partial charge in [-0.05, 0) is 31.9 Å². The van der Waals surface area contributed by atoms with E-state index in [4.69, 9.17) is 5.26 Å². The van der Waals surface area contributed by atoms with Crippen molar-refractivity contribution in [2.24, 2.45) is 0 Å². The summed E-state index contributed by atoms with van der Waals surface area (Å²) in [6, 6.07) is 7.80. The number of nitrogens with zero attached hydrogens (tertiary/aromatic N) is 1. The molecule has 0 amide bonds. The van der Waals surface area contributed by atoms with Gasteiger partial charge in [-0.3, -0.25) is 4.79 Å². The molecule has 73 valence electrons. The molecule has 15 heavy (non-hydrogen) atoms. The van der Waals surface area contributed by atoms with Crippen LogP contribution in [0.5, 0.6) is 0 Å². The number of aryl methyl sites for hydroxylation is 2. The maximum absolute atomic E-state index is 11.2. The SMILES string of the molecule is CC(=O)C(C#N)c1ccc(C)cc1C.[Na]. The minimum atomic E-state index is -0.615. The second kappa shape index (κ2) is 6.07. The Balaban J connectivity index is 0.00000196. The number of ketones is 1. The molecule has 0 aliphatic rings. The molecule has 3 heteroatoms.